The Morgan fingerprint density at radius 1 is 0.542 bits per heavy atom. The fraction of sp³-hybridized carbons (Fsp3) is 0.346. The topological polar surface area (TPSA) is 50.3 Å². The van der Waals surface area contributed by atoms with Crippen molar-refractivity contribution in [2.24, 2.45) is 0 Å². The molecule has 1 fully saturated rings. The molecule has 0 spiro atoms. The summed E-state index contributed by atoms with van der Waals surface area (Å²) in [5.74, 6) is 2.91. The van der Waals surface area contributed by atoms with Gasteiger partial charge in [-0.05, 0) is 0 Å². The number of phenols is 2. The molecule has 8 rings (SSSR count). The summed E-state index contributed by atoms with van der Waals surface area (Å²) in [5, 5.41) is 25.0. The normalized spacial score (nSPS) is 19.0. The summed E-state index contributed by atoms with van der Waals surface area (Å²) in [6.07, 6.45) is 16.2. The molecule has 59 heavy (non-hydrogen) atoms. The summed E-state index contributed by atoms with van der Waals surface area (Å²) >= 11 is -0.293. The smallest absolute Gasteiger partial charge is 0.0866 e. The summed E-state index contributed by atoms with van der Waals surface area (Å²) in [6, 6.07) is 36.9. The molecule has 4 nitrogen and oxygen atoms in total. The van der Waals surface area contributed by atoms with E-state index in [2.05, 4.69) is 88.8 Å². The summed E-state index contributed by atoms with van der Waals surface area (Å²) in [7, 11) is 0.599. The van der Waals surface area contributed by atoms with Crippen molar-refractivity contribution in [2.75, 3.05) is 0 Å². The maximum atomic E-state index is 11.7. The largest absolute Gasteiger partial charge is 0.199 e. The van der Waals surface area contributed by atoms with Gasteiger partial charge in [-0.2, -0.15) is 49.2 Å². The Labute approximate surface area is 365 Å². The number of aromatic hydroxyl groups is 2. The number of hydrogen-bond acceptors (Lipinski definition) is 2. The van der Waals surface area contributed by atoms with Gasteiger partial charge in [0.15, 0.2) is 0 Å². The van der Waals surface area contributed by atoms with Gasteiger partial charge in [0.25, 0.3) is 0 Å². The Hall–Kier alpha value is -3.81. The van der Waals surface area contributed by atoms with E-state index in [1.54, 1.807) is 0 Å². The molecule has 0 saturated heterocycles. The zero-order chi connectivity index (χ0) is 42.2. The van der Waals surface area contributed by atoms with Crippen LogP contribution in [0.4, 0.5) is 0 Å². The Balaban J connectivity index is 0.000000351. The molecule has 1 aliphatic carbocycles. The first-order valence-electron chi connectivity index (χ1n) is 21.1. The van der Waals surface area contributed by atoms with Crippen LogP contribution in [-0.4, -0.2) is 29.8 Å². The van der Waals surface area contributed by atoms with Crippen LogP contribution in [0.1, 0.15) is 113 Å². The summed E-state index contributed by atoms with van der Waals surface area (Å²) < 4.78 is 4.14. The molecule has 1 saturated carbocycles. The third-order valence-corrected chi connectivity index (χ3v) is 27.2. The number of benzene rings is 4. The van der Waals surface area contributed by atoms with Gasteiger partial charge in [0.05, 0.1) is 0 Å². The Morgan fingerprint density at radius 2 is 0.898 bits per heavy atom. The van der Waals surface area contributed by atoms with Crippen molar-refractivity contribution in [1.82, 2.24) is 9.13 Å². The van der Waals surface area contributed by atoms with E-state index in [0.717, 1.165) is 55.6 Å². The molecule has 312 valence electrons. The molecular weight excluding hydrogens is 797 g/mol. The van der Waals surface area contributed by atoms with Crippen molar-refractivity contribution in [3.8, 4) is 22.9 Å². The predicted octanol–water partition coefficient (Wildman–Crippen LogP) is 14.3. The van der Waals surface area contributed by atoms with Crippen LogP contribution in [0, 0.1) is 13.8 Å². The predicted molar refractivity (Wildman–Crippen MR) is 252 cm³/mol. The minimum absolute atomic E-state index is 0.000490. The average molecular weight is 861 g/mol. The molecule has 6 aromatic rings. The fourth-order valence-electron chi connectivity index (χ4n) is 7.72. The summed E-state index contributed by atoms with van der Waals surface area (Å²) in [4.78, 5) is 0. The second-order valence-electron chi connectivity index (χ2n) is 18.0. The Morgan fingerprint density at radius 3 is 1.20 bits per heavy atom. The molecule has 0 radical (unpaired) electrons. The fourth-order valence-corrected chi connectivity index (χ4v) is 28.5. The number of rotatable bonds is 6. The SMILES string of the molecule is CC(C)(C)c1cc(C[S]2=[Ti]=[S@@](Cc3cc(C(C)(C)C)cc(-n4cccc4)c3O)C3CCCCCC[C@@H]32)c(O)c(-n2cccc2)c1.[CH2-]c1ccccc1.[CH2-]c1ccccc1. The van der Waals surface area contributed by atoms with E-state index in [1.165, 1.54) is 49.7 Å². The number of phenolic OH excluding ortho intramolecular Hbond substituents is 2. The number of hydrogen-bond donors (Lipinski definition) is 2. The summed E-state index contributed by atoms with van der Waals surface area (Å²) in [6.45, 7) is 21.1. The first-order chi connectivity index (χ1) is 28.2. The second-order valence-corrected chi connectivity index (χ2v) is 29.4. The minimum atomic E-state index is -0.293. The van der Waals surface area contributed by atoms with E-state index in [0.29, 0.717) is 27.4 Å². The molecule has 3 heterocycles. The van der Waals surface area contributed by atoms with Crippen LogP contribution < -0.4 is 0 Å². The molecule has 2 N–H and O–H groups in total. The molecule has 0 amide bonds. The third-order valence-electron chi connectivity index (χ3n) is 11.2. The van der Waals surface area contributed by atoms with Crippen molar-refractivity contribution in [3.63, 3.8) is 0 Å². The van der Waals surface area contributed by atoms with E-state index in [9.17, 15) is 10.2 Å². The van der Waals surface area contributed by atoms with Crippen LogP contribution in [0.15, 0.2) is 134 Å². The number of nitrogens with zero attached hydrogens (tertiary/aromatic N) is 2. The summed E-state index contributed by atoms with van der Waals surface area (Å²) in [5.41, 5.74) is 8.80. The van der Waals surface area contributed by atoms with Crippen LogP contribution in [0.2, 0.25) is 0 Å². The molecule has 2 aliphatic rings. The molecule has 2 aromatic heterocycles. The van der Waals surface area contributed by atoms with Crippen molar-refractivity contribution in [1.29, 1.82) is 0 Å². The van der Waals surface area contributed by atoms with E-state index < -0.39 is 0 Å². The first kappa shape index (κ1) is 44.7. The zero-order valence-electron chi connectivity index (χ0n) is 36.0. The third kappa shape index (κ3) is 11.9. The van der Waals surface area contributed by atoms with Crippen LogP contribution in [0.25, 0.3) is 11.4 Å². The van der Waals surface area contributed by atoms with Crippen LogP contribution >= 0.6 is 15.9 Å². The van der Waals surface area contributed by atoms with Crippen molar-refractivity contribution in [2.45, 2.75) is 113 Å². The molecular formula is C52H64N2O2S2Ti-2. The van der Waals surface area contributed by atoms with Crippen LogP contribution in [0.5, 0.6) is 11.5 Å². The van der Waals surface area contributed by atoms with Crippen LogP contribution in [0.3, 0.4) is 0 Å². The monoisotopic (exact) mass is 860 g/mol. The van der Waals surface area contributed by atoms with Gasteiger partial charge >= 0.3 is 282 Å². The van der Waals surface area contributed by atoms with Gasteiger partial charge in [-0.25, -0.2) is 0 Å². The quantitative estimate of drug-likeness (QED) is 0.129. The van der Waals surface area contributed by atoms with Crippen LogP contribution in [-0.2, 0) is 37.8 Å². The maximum absolute atomic E-state index is 11.7. The zero-order valence-corrected chi connectivity index (χ0v) is 39.2. The van der Waals surface area contributed by atoms with Crippen molar-refractivity contribution in [3.05, 3.63) is 181 Å². The average Bonchev–Trinajstić information content (AvgIpc) is 3.97. The standard InChI is InChI=1S/C38H50N2O2S2.2C7H7.Ti/c1-37(2,3)29-21-27(35(41)31(23-29)39-17-11-12-18-39)25-43-33-15-9-7-8-10-16-34(33)44-26-28-22-30(38(4,5)6)24-32(36(28)42)40-19-13-14-20-40;2*1-7-5-3-2-4-6-7;/h11-14,17-24,33-34,41-42H,7-10,15-16,25-26H2,1-6H3;2*2-6H,1H2;/q;2*-1;/t33-,34?;;;/m0.../s1. The maximum Gasteiger partial charge on any atom is -0.0866 e. The molecule has 1 aliphatic heterocycles. The van der Waals surface area contributed by atoms with Gasteiger partial charge in [0, 0.05) is 0 Å². The molecule has 4 aromatic carbocycles. The molecule has 2 unspecified atom stereocenters. The van der Waals surface area contributed by atoms with Gasteiger partial charge in [0.1, 0.15) is 0 Å². The number of aromatic nitrogens is 2. The second kappa shape index (κ2) is 20.2. The Kier molecular flexibility index (Phi) is 15.3. The molecule has 4 atom stereocenters. The van der Waals surface area contributed by atoms with Crippen molar-refractivity contribution >= 4 is 15.9 Å². The van der Waals surface area contributed by atoms with Gasteiger partial charge in [-0.3, -0.25) is 0 Å². The van der Waals surface area contributed by atoms with E-state index in [-0.39, 0.29) is 26.3 Å². The van der Waals surface area contributed by atoms with Gasteiger partial charge in [-0.1, -0.05) is 12.1 Å². The van der Waals surface area contributed by atoms with Crippen molar-refractivity contribution < 1.29 is 25.7 Å². The number of fused-ring (bicyclic) bond motifs is 1. The van der Waals surface area contributed by atoms with E-state index >= 15 is 0 Å². The first-order valence-corrected chi connectivity index (χ1v) is 27.8. The van der Waals surface area contributed by atoms with Gasteiger partial charge < -0.3 is 0 Å². The minimum Gasteiger partial charge on any atom is -0.199 e. The van der Waals surface area contributed by atoms with E-state index in [1.807, 2.05) is 110 Å². The van der Waals surface area contributed by atoms with Gasteiger partial charge in [0.2, 0.25) is 0 Å². The molecule has 0 bridgehead atoms. The van der Waals surface area contributed by atoms with Gasteiger partial charge in [-0.15, -0.1) is 24.3 Å². The Bertz CT molecular complexity index is 2170. The van der Waals surface area contributed by atoms with E-state index in [4.69, 9.17) is 0 Å². The molecule has 7 heteroatoms.